The maximum atomic E-state index is 14.5. The number of aryl methyl sites for hydroxylation is 2. The van der Waals surface area contributed by atoms with E-state index >= 15 is 0 Å². The fourth-order valence-corrected chi connectivity index (χ4v) is 6.44. The molecule has 11 heteroatoms. The molecule has 222 valence electrons. The molecule has 0 spiro atoms. The van der Waals surface area contributed by atoms with Crippen LogP contribution in [0.25, 0.3) is 11.5 Å². The smallest absolute Gasteiger partial charge is 0.263 e. The van der Waals surface area contributed by atoms with Gasteiger partial charge in [0.15, 0.2) is 5.82 Å². The lowest BCUT2D eigenvalue weighted by atomic mass is 9.98. The lowest BCUT2D eigenvalue weighted by molar-refractivity contribution is 0.0651. The maximum absolute atomic E-state index is 14.5. The van der Waals surface area contributed by atoms with E-state index in [0.29, 0.717) is 35.4 Å². The second kappa shape index (κ2) is 10.8. The summed E-state index contributed by atoms with van der Waals surface area (Å²) in [6.45, 7) is 6.26. The quantitative estimate of drug-likeness (QED) is 0.270. The molecule has 1 unspecified atom stereocenters. The molecule has 2 aliphatic heterocycles. The van der Waals surface area contributed by atoms with Crippen molar-refractivity contribution in [1.82, 2.24) is 28.9 Å². The molecule has 7 rings (SSSR count). The van der Waals surface area contributed by atoms with Crippen molar-refractivity contribution in [3.8, 4) is 5.82 Å². The van der Waals surface area contributed by atoms with Crippen LogP contribution in [0, 0.1) is 12.8 Å². The number of benzene rings is 2. The van der Waals surface area contributed by atoms with Gasteiger partial charge in [0.2, 0.25) is 0 Å². The second-order valence-electron chi connectivity index (χ2n) is 11.6. The number of aromatic nitrogens is 5. The van der Waals surface area contributed by atoms with Crippen molar-refractivity contribution in [3.63, 3.8) is 0 Å². The van der Waals surface area contributed by atoms with Crippen molar-refractivity contribution >= 4 is 39.4 Å². The first kappa shape index (κ1) is 28.1. The van der Waals surface area contributed by atoms with Gasteiger partial charge in [-0.25, -0.2) is 9.08 Å². The second-order valence-corrected chi connectivity index (χ2v) is 12.5. The number of rotatable bonds is 5. The predicted octanol–water partition coefficient (Wildman–Crippen LogP) is 4.89. The molecule has 0 fully saturated rings. The Bertz CT molecular complexity index is 2070. The van der Waals surface area contributed by atoms with E-state index in [0.717, 1.165) is 38.3 Å². The summed E-state index contributed by atoms with van der Waals surface area (Å²) in [5.74, 6) is 0.463. The van der Waals surface area contributed by atoms with Crippen molar-refractivity contribution in [2.45, 2.75) is 46.2 Å². The number of carbonyl (C=O) groups excluding carboxylic acids is 1. The van der Waals surface area contributed by atoms with Crippen molar-refractivity contribution in [3.05, 3.63) is 115 Å². The molecule has 44 heavy (non-hydrogen) atoms. The SMILES string of the molecule is Cc1cc(C(=O)N2Cc3c(c(=O)n(-c4cc(C5=NN=CC5C)n(C)n4)c4c(Cc5ccccc5)cnn34)C[C@H]2C)ccc1Br. The number of amides is 1. The van der Waals surface area contributed by atoms with Gasteiger partial charge in [-0.05, 0) is 49.6 Å². The molecule has 0 aliphatic carbocycles. The van der Waals surface area contributed by atoms with E-state index in [2.05, 4.69) is 38.3 Å². The Balaban J connectivity index is 1.39. The molecule has 0 saturated carbocycles. The average molecular weight is 652 g/mol. The zero-order chi connectivity index (χ0) is 30.7. The van der Waals surface area contributed by atoms with Crippen LogP contribution in [0.3, 0.4) is 0 Å². The first-order valence-electron chi connectivity index (χ1n) is 14.6. The monoisotopic (exact) mass is 650 g/mol. The van der Waals surface area contributed by atoms with Crippen LogP contribution in [-0.2, 0) is 26.4 Å². The van der Waals surface area contributed by atoms with Gasteiger partial charge >= 0.3 is 0 Å². The summed E-state index contributed by atoms with van der Waals surface area (Å²) < 4.78 is 6.21. The van der Waals surface area contributed by atoms with E-state index < -0.39 is 0 Å². The van der Waals surface area contributed by atoms with Crippen molar-refractivity contribution < 1.29 is 4.79 Å². The van der Waals surface area contributed by atoms with E-state index in [4.69, 9.17) is 10.2 Å². The number of hydrogen-bond acceptors (Lipinski definition) is 6. The zero-order valence-corrected chi connectivity index (χ0v) is 26.5. The van der Waals surface area contributed by atoms with Gasteiger partial charge in [0.25, 0.3) is 11.5 Å². The predicted molar refractivity (Wildman–Crippen MR) is 173 cm³/mol. The fraction of sp³-hybridized carbons (Fsp3) is 0.273. The standard InChI is InChI=1S/C33H31BrN8O2/c1-19-12-23(10-11-26(19)34)32(43)40-18-28-25(13-21(40)3)33(44)41(29-15-27(39(4)38-29)30-20(2)16-35-37-30)31-24(17-36-42(28)31)14-22-8-6-5-7-9-22/h5-12,15-17,20-21H,13-14,18H2,1-4H3/t20?,21-/m1/s1. The van der Waals surface area contributed by atoms with E-state index in [9.17, 15) is 9.59 Å². The molecular weight excluding hydrogens is 620 g/mol. The highest BCUT2D eigenvalue weighted by Crippen LogP contribution is 2.28. The van der Waals surface area contributed by atoms with Crippen LogP contribution in [0.2, 0.25) is 0 Å². The summed E-state index contributed by atoms with van der Waals surface area (Å²) in [4.78, 5) is 30.2. The molecule has 5 aromatic rings. The number of nitrogens with zero attached hydrogens (tertiary/aromatic N) is 8. The Labute approximate surface area is 262 Å². The summed E-state index contributed by atoms with van der Waals surface area (Å²) >= 11 is 3.53. The number of halogens is 1. The maximum Gasteiger partial charge on any atom is 0.263 e. The first-order valence-corrected chi connectivity index (χ1v) is 15.4. The summed E-state index contributed by atoms with van der Waals surface area (Å²) in [7, 11) is 1.85. The fourth-order valence-electron chi connectivity index (χ4n) is 6.20. The first-order chi connectivity index (χ1) is 21.2. The lowest BCUT2D eigenvalue weighted by Gasteiger charge is -2.35. The van der Waals surface area contributed by atoms with Crippen LogP contribution in [0.4, 0.5) is 0 Å². The molecule has 2 atom stereocenters. The molecule has 2 aromatic carbocycles. The minimum atomic E-state index is -0.193. The molecule has 2 aliphatic rings. The average Bonchev–Trinajstić information content (AvgIpc) is 3.73. The Morgan fingerprint density at radius 1 is 1.09 bits per heavy atom. The van der Waals surface area contributed by atoms with Gasteiger partial charge in [-0.2, -0.15) is 20.4 Å². The molecule has 0 N–H and O–H groups in total. The molecule has 0 saturated heterocycles. The van der Waals surface area contributed by atoms with Crippen LogP contribution >= 0.6 is 15.9 Å². The van der Waals surface area contributed by atoms with Crippen molar-refractivity contribution in [2.75, 3.05) is 0 Å². The highest BCUT2D eigenvalue weighted by atomic mass is 79.9. The lowest BCUT2D eigenvalue weighted by Crippen LogP contribution is -2.46. The summed E-state index contributed by atoms with van der Waals surface area (Å²) in [6, 6.07) is 17.4. The molecule has 1 amide bonds. The Morgan fingerprint density at radius 2 is 1.89 bits per heavy atom. The molecule has 0 bridgehead atoms. The normalized spacial score (nSPS) is 17.8. The highest BCUT2D eigenvalue weighted by Gasteiger charge is 2.34. The van der Waals surface area contributed by atoms with Gasteiger partial charge in [-0.1, -0.05) is 53.2 Å². The minimum absolute atomic E-state index is 0.0426. The molecule has 0 radical (unpaired) electrons. The van der Waals surface area contributed by atoms with Gasteiger partial charge < -0.3 is 4.90 Å². The third-order valence-electron chi connectivity index (χ3n) is 8.59. The van der Waals surface area contributed by atoms with Crippen LogP contribution in [-0.4, -0.2) is 52.7 Å². The third-order valence-corrected chi connectivity index (χ3v) is 9.48. The third kappa shape index (κ3) is 4.62. The Morgan fingerprint density at radius 3 is 2.61 bits per heavy atom. The van der Waals surface area contributed by atoms with Crippen LogP contribution in [0.15, 0.2) is 80.3 Å². The van der Waals surface area contributed by atoms with Crippen LogP contribution in [0.5, 0.6) is 0 Å². The van der Waals surface area contributed by atoms with Gasteiger partial charge in [0, 0.05) is 58.9 Å². The number of fused-ring (bicyclic) bond motifs is 3. The van der Waals surface area contributed by atoms with Gasteiger partial charge in [-0.15, -0.1) is 0 Å². The highest BCUT2D eigenvalue weighted by molar-refractivity contribution is 9.10. The number of carbonyl (C=O) groups is 1. The minimum Gasteiger partial charge on any atom is -0.330 e. The topological polar surface area (TPSA) is 102 Å². The van der Waals surface area contributed by atoms with Crippen molar-refractivity contribution in [1.29, 1.82) is 0 Å². The Kier molecular flexibility index (Phi) is 6.92. The Hall–Kier alpha value is -4.64. The molecule has 10 nitrogen and oxygen atoms in total. The van der Waals surface area contributed by atoms with Gasteiger partial charge in [0.1, 0.15) is 5.65 Å². The summed E-state index contributed by atoms with van der Waals surface area (Å²) in [6.07, 6.45) is 4.60. The van der Waals surface area contributed by atoms with E-state index in [1.165, 1.54) is 0 Å². The summed E-state index contributed by atoms with van der Waals surface area (Å²) in [5, 5.41) is 18.0. The van der Waals surface area contributed by atoms with Gasteiger partial charge in [0.05, 0.1) is 29.8 Å². The molecular formula is C33H31BrN8O2. The van der Waals surface area contributed by atoms with Crippen LogP contribution < -0.4 is 5.56 Å². The summed E-state index contributed by atoms with van der Waals surface area (Å²) in [5.41, 5.74) is 7.04. The van der Waals surface area contributed by atoms with Crippen LogP contribution in [0.1, 0.15) is 57.8 Å². The van der Waals surface area contributed by atoms with E-state index in [1.807, 2.05) is 85.9 Å². The van der Waals surface area contributed by atoms with E-state index in [-0.39, 0.29) is 30.0 Å². The van der Waals surface area contributed by atoms with E-state index in [1.54, 1.807) is 15.5 Å². The molecule has 3 aromatic heterocycles. The largest absolute Gasteiger partial charge is 0.330 e. The molecule has 5 heterocycles. The number of hydrogen-bond donors (Lipinski definition) is 0. The zero-order valence-electron chi connectivity index (χ0n) is 24.9. The van der Waals surface area contributed by atoms with Crippen molar-refractivity contribution in [2.24, 2.45) is 23.2 Å². The van der Waals surface area contributed by atoms with Gasteiger partial charge in [-0.3, -0.25) is 14.3 Å².